The van der Waals surface area contributed by atoms with Gasteiger partial charge in [-0.2, -0.15) is 5.26 Å². The van der Waals surface area contributed by atoms with Crippen LogP contribution >= 0.6 is 0 Å². The summed E-state index contributed by atoms with van der Waals surface area (Å²) in [5, 5.41) is 19.1. The van der Waals surface area contributed by atoms with E-state index in [1.54, 1.807) is 13.0 Å². The molecule has 114 valence electrons. The summed E-state index contributed by atoms with van der Waals surface area (Å²) in [6.07, 6.45) is 5.73. The van der Waals surface area contributed by atoms with Crippen LogP contribution in [0.2, 0.25) is 0 Å². The molecule has 1 fully saturated rings. The van der Waals surface area contributed by atoms with E-state index in [-0.39, 0.29) is 0 Å². The second kappa shape index (κ2) is 6.95. The van der Waals surface area contributed by atoms with Gasteiger partial charge in [0, 0.05) is 24.3 Å². The fourth-order valence-corrected chi connectivity index (χ4v) is 3.41. The van der Waals surface area contributed by atoms with Gasteiger partial charge < -0.3 is 10.0 Å². The summed E-state index contributed by atoms with van der Waals surface area (Å²) < 4.78 is 0. The first-order valence-electron chi connectivity index (χ1n) is 8.01. The Hall–Kier alpha value is -1.53. The van der Waals surface area contributed by atoms with Gasteiger partial charge in [0.15, 0.2) is 0 Å². The second-order valence-corrected chi connectivity index (χ2v) is 6.26. The summed E-state index contributed by atoms with van der Waals surface area (Å²) >= 11 is 0. The number of nitriles is 1. The van der Waals surface area contributed by atoms with E-state index < -0.39 is 6.10 Å². The lowest BCUT2D eigenvalue weighted by atomic mass is 9.83. The van der Waals surface area contributed by atoms with Crippen molar-refractivity contribution in [2.45, 2.75) is 58.1 Å². The summed E-state index contributed by atoms with van der Waals surface area (Å²) in [7, 11) is 2.10. The van der Waals surface area contributed by atoms with Gasteiger partial charge in [0.05, 0.1) is 17.7 Å². The maximum Gasteiger partial charge on any atom is 0.0992 e. The van der Waals surface area contributed by atoms with Crippen molar-refractivity contribution in [2.24, 2.45) is 5.92 Å². The van der Waals surface area contributed by atoms with Crippen LogP contribution in [0.5, 0.6) is 0 Å². The van der Waals surface area contributed by atoms with E-state index in [9.17, 15) is 5.11 Å². The first-order valence-corrected chi connectivity index (χ1v) is 8.01. The van der Waals surface area contributed by atoms with Gasteiger partial charge in [-0.15, -0.1) is 0 Å². The largest absolute Gasteiger partial charge is 0.389 e. The van der Waals surface area contributed by atoms with Crippen molar-refractivity contribution in [2.75, 3.05) is 11.9 Å². The van der Waals surface area contributed by atoms with Crippen molar-refractivity contribution in [3.05, 3.63) is 29.3 Å². The van der Waals surface area contributed by atoms with E-state index >= 15 is 0 Å². The summed E-state index contributed by atoms with van der Waals surface area (Å²) in [6, 6.07) is 8.29. The highest BCUT2D eigenvalue weighted by Gasteiger charge is 2.25. The van der Waals surface area contributed by atoms with Crippen LogP contribution in [0.3, 0.4) is 0 Å². The molecule has 3 nitrogen and oxygen atoms in total. The first kappa shape index (κ1) is 15.9. The molecule has 1 N–H and O–H groups in total. The number of nitrogens with zero attached hydrogens (tertiary/aromatic N) is 2. The SMILES string of the molecule is CCC1CCC(N(C)c2cc(C#N)ccc2[C@@H](C)O)CC1. The molecule has 0 heterocycles. The van der Waals surface area contributed by atoms with Crippen LogP contribution < -0.4 is 4.90 Å². The number of anilines is 1. The van der Waals surface area contributed by atoms with Crippen molar-refractivity contribution in [1.29, 1.82) is 5.26 Å². The van der Waals surface area contributed by atoms with Crippen molar-refractivity contribution in [3.63, 3.8) is 0 Å². The fraction of sp³-hybridized carbons (Fsp3) is 0.611. The number of hydrogen-bond acceptors (Lipinski definition) is 3. The summed E-state index contributed by atoms with van der Waals surface area (Å²) in [6.45, 7) is 4.06. The Morgan fingerprint density at radius 3 is 2.52 bits per heavy atom. The molecule has 1 aromatic rings. The van der Waals surface area contributed by atoms with Gasteiger partial charge >= 0.3 is 0 Å². The molecule has 0 bridgehead atoms. The lowest BCUT2D eigenvalue weighted by molar-refractivity contribution is 0.199. The van der Waals surface area contributed by atoms with Crippen molar-refractivity contribution >= 4 is 5.69 Å². The Bertz CT molecular complexity index is 510. The molecule has 1 aromatic carbocycles. The number of hydrogen-bond donors (Lipinski definition) is 1. The first-order chi connectivity index (χ1) is 10.1. The molecule has 2 rings (SSSR count). The average molecular weight is 286 g/mol. The van der Waals surface area contributed by atoms with Crippen LogP contribution in [0.4, 0.5) is 5.69 Å². The quantitative estimate of drug-likeness (QED) is 0.909. The van der Waals surface area contributed by atoms with Gasteiger partial charge in [0.25, 0.3) is 0 Å². The zero-order chi connectivity index (χ0) is 15.4. The third kappa shape index (κ3) is 3.57. The Balaban J connectivity index is 2.22. The minimum absolute atomic E-state index is 0.512. The highest BCUT2D eigenvalue weighted by molar-refractivity contribution is 5.58. The topological polar surface area (TPSA) is 47.3 Å². The summed E-state index contributed by atoms with van der Waals surface area (Å²) in [5.74, 6) is 0.872. The molecule has 0 aromatic heterocycles. The zero-order valence-corrected chi connectivity index (χ0v) is 13.3. The molecule has 0 saturated heterocycles. The van der Waals surface area contributed by atoms with Crippen LogP contribution in [0.15, 0.2) is 18.2 Å². The molecule has 1 aliphatic rings. The fourth-order valence-electron chi connectivity index (χ4n) is 3.41. The molecule has 0 unspecified atom stereocenters. The maximum absolute atomic E-state index is 9.99. The van der Waals surface area contributed by atoms with Crippen LogP contribution in [0.1, 0.15) is 63.2 Å². The molecule has 0 spiro atoms. The number of aliphatic hydroxyl groups is 1. The van der Waals surface area contributed by atoms with Crippen molar-refractivity contribution in [3.8, 4) is 6.07 Å². The van der Waals surface area contributed by atoms with Crippen LogP contribution in [0.25, 0.3) is 0 Å². The standard InChI is InChI=1S/C18H26N2O/c1-4-14-5-8-16(9-6-14)20(3)18-11-15(12-19)7-10-17(18)13(2)21/h7,10-11,13-14,16,21H,4-6,8-9H2,1-3H3/t13-,14?,16?/m1/s1. The second-order valence-electron chi connectivity index (χ2n) is 6.26. The smallest absolute Gasteiger partial charge is 0.0992 e. The Labute approximate surface area is 128 Å². The van der Waals surface area contributed by atoms with Gasteiger partial charge in [-0.1, -0.05) is 19.4 Å². The number of rotatable bonds is 4. The van der Waals surface area contributed by atoms with Gasteiger partial charge in [0.2, 0.25) is 0 Å². The third-order valence-corrected chi connectivity index (χ3v) is 4.93. The molecule has 21 heavy (non-hydrogen) atoms. The summed E-state index contributed by atoms with van der Waals surface area (Å²) in [4.78, 5) is 2.27. The predicted octanol–water partition coefficient (Wildman–Crippen LogP) is 4.02. The van der Waals surface area contributed by atoms with Gasteiger partial charge in [0.1, 0.15) is 0 Å². The molecule has 1 atom stereocenters. The van der Waals surface area contributed by atoms with Crippen LogP contribution in [0, 0.1) is 17.2 Å². The molecule has 3 heteroatoms. The van der Waals surface area contributed by atoms with E-state index in [1.807, 2.05) is 12.1 Å². The monoisotopic (exact) mass is 286 g/mol. The van der Waals surface area contributed by atoms with Crippen LogP contribution in [-0.2, 0) is 0 Å². The van der Waals surface area contributed by atoms with Crippen molar-refractivity contribution < 1.29 is 5.11 Å². The predicted molar refractivity (Wildman–Crippen MR) is 86.2 cm³/mol. The molecule has 1 saturated carbocycles. The van der Waals surface area contributed by atoms with Gasteiger partial charge in [-0.3, -0.25) is 0 Å². The highest BCUT2D eigenvalue weighted by atomic mass is 16.3. The van der Waals surface area contributed by atoms with E-state index in [2.05, 4.69) is 24.9 Å². The van der Waals surface area contributed by atoms with Gasteiger partial charge in [-0.25, -0.2) is 0 Å². The third-order valence-electron chi connectivity index (χ3n) is 4.93. The van der Waals surface area contributed by atoms with E-state index in [4.69, 9.17) is 5.26 Å². The minimum atomic E-state index is -0.512. The molecular formula is C18H26N2O. The Kier molecular flexibility index (Phi) is 5.25. The number of benzene rings is 1. The molecule has 1 aliphatic carbocycles. The van der Waals surface area contributed by atoms with E-state index in [0.29, 0.717) is 11.6 Å². The minimum Gasteiger partial charge on any atom is -0.389 e. The average Bonchev–Trinajstić information content (AvgIpc) is 2.53. The van der Waals surface area contributed by atoms with Crippen molar-refractivity contribution in [1.82, 2.24) is 0 Å². The zero-order valence-electron chi connectivity index (χ0n) is 13.3. The van der Waals surface area contributed by atoms with Gasteiger partial charge in [-0.05, 0) is 50.7 Å². The molecule has 0 aliphatic heterocycles. The number of aliphatic hydroxyl groups excluding tert-OH is 1. The lowest BCUT2D eigenvalue weighted by Gasteiger charge is -2.37. The Morgan fingerprint density at radius 2 is 2.00 bits per heavy atom. The summed E-state index contributed by atoms with van der Waals surface area (Å²) in [5.41, 5.74) is 2.57. The normalized spacial score (nSPS) is 23.4. The van der Waals surface area contributed by atoms with E-state index in [1.165, 1.54) is 32.1 Å². The lowest BCUT2D eigenvalue weighted by Crippen LogP contribution is -2.35. The molecule has 0 amide bonds. The van der Waals surface area contributed by atoms with E-state index in [0.717, 1.165) is 17.2 Å². The Morgan fingerprint density at radius 1 is 1.33 bits per heavy atom. The molecule has 0 radical (unpaired) electrons. The maximum atomic E-state index is 9.99. The van der Waals surface area contributed by atoms with Crippen LogP contribution in [-0.4, -0.2) is 18.2 Å². The highest BCUT2D eigenvalue weighted by Crippen LogP contribution is 2.34. The molecular weight excluding hydrogens is 260 g/mol.